The van der Waals surface area contributed by atoms with E-state index >= 15 is 0 Å². The normalized spacial score (nSPS) is 21.0. The van der Waals surface area contributed by atoms with Crippen LogP contribution in [0.4, 0.5) is 4.39 Å². The Morgan fingerprint density at radius 3 is 2.94 bits per heavy atom. The molecular formula is C13H17ClFN3. The van der Waals surface area contributed by atoms with Crippen LogP contribution in [-0.2, 0) is 0 Å². The average Bonchev–Trinajstić information content (AvgIpc) is 2.70. The van der Waals surface area contributed by atoms with Crippen molar-refractivity contribution in [2.75, 3.05) is 6.54 Å². The predicted molar refractivity (Wildman–Crippen MR) is 72.2 cm³/mol. The fraction of sp³-hybridized carbons (Fsp3) is 0.462. The highest BCUT2D eigenvalue weighted by molar-refractivity contribution is 6.30. The van der Waals surface area contributed by atoms with Gasteiger partial charge in [0.15, 0.2) is 5.96 Å². The van der Waals surface area contributed by atoms with E-state index in [1.165, 1.54) is 6.07 Å². The summed E-state index contributed by atoms with van der Waals surface area (Å²) in [5, 5.41) is 0.401. The van der Waals surface area contributed by atoms with Gasteiger partial charge >= 0.3 is 0 Å². The first kappa shape index (κ1) is 13.1. The van der Waals surface area contributed by atoms with Crippen LogP contribution < -0.4 is 5.73 Å². The van der Waals surface area contributed by atoms with Gasteiger partial charge in [-0.15, -0.1) is 0 Å². The number of halogens is 2. The lowest BCUT2D eigenvalue weighted by Crippen LogP contribution is -2.42. The Balaban J connectivity index is 2.33. The highest BCUT2D eigenvalue weighted by atomic mass is 35.5. The standard InChI is InChI=1S/C13H17ClFN3/c1-3-8(2)18-12(7-17-13(18)16)10-5-4-9(14)6-11(10)15/h4-6,8,12H,3,7H2,1-2H3,(H2,16,17). The summed E-state index contributed by atoms with van der Waals surface area (Å²) in [6.07, 6.45) is 0.932. The number of hydrogen-bond acceptors (Lipinski definition) is 3. The third-order valence-corrected chi connectivity index (χ3v) is 3.65. The van der Waals surface area contributed by atoms with E-state index in [0.29, 0.717) is 23.1 Å². The summed E-state index contributed by atoms with van der Waals surface area (Å²) in [5.74, 6) is 0.189. The second-order valence-corrected chi connectivity index (χ2v) is 4.98. The molecule has 0 saturated heterocycles. The van der Waals surface area contributed by atoms with Crippen molar-refractivity contribution in [3.05, 3.63) is 34.6 Å². The minimum absolute atomic E-state index is 0.128. The summed E-state index contributed by atoms with van der Waals surface area (Å²) in [4.78, 5) is 6.21. The molecule has 0 amide bonds. The van der Waals surface area contributed by atoms with Crippen LogP contribution in [0.15, 0.2) is 23.2 Å². The Morgan fingerprint density at radius 2 is 2.33 bits per heavy atom. The average molecular weight is 270 g/mol. The number of hydrogen-bond donors (Lipinski definition) is 1. The highest BCUT2D eigenvalue weighted by Crippen LogP contribution is 2.31. The topological polar surface area (TPSA) is 41.6 Å². The Bertz CT molecular complexity index is 475. The zero-order valence-electron chi connectivity index (χ0n) is 10.5. The maximum absolute atomic E-state index is 14.0. The smallest absolute Gasteiger partial charge is 0.192 e. The van der Waals surface area contributed by atoms with Crippen molar-refractivity contribution >= 4 is 17.6 Å². The number of benzene rings is 1. The van der Waals surface area contributed by atoms with E-state index in [4.69, 9.17) is 17.3 Å². The van der Waals surface area contributed by atoms with Crippen LogP contribution in [0.1, 0.15) is 31.9 Å². The van der Waals surface area contributed by atoms with Crippen molar-refractivity contribution in [2.45, 2.75) is 32.4 Å². The van der Waals surface area contributed by atoms with Crippen molar-refractivity contribution in [2.24, 2.45) is 10.7 Å². The van der Waals surface area contributed by atoms with E-state index in [2.05, 4.69) is 18.8 Å². The molecule has 18 heavy (non-hydrogen) atoms. The number of guanidine groups is 1. The molecule has 0 bridgehead atoms. The minimum Gasteiger partial charge on any atom is -0.370 e. The first-order chi connectivity index (χ1) is 8.54. The van der Waals surface area contributed by atoms with E-state index in [1.54, 1.807) is 12.1 Å². The molecule has 3 nitrogen and oxygen atoms in total. The molecule has 1 heterocycles. The Kier molecular flexibility index (Phi) is 3.76. The zero-order chi connectivity index (χ0) is 13.3. The molecule has 1 aliphatic heterocycles. The van der Waals surface area contributed by atoms with Gasteiger partial charge in [0.25, 0.3) is 0 Å². The van der Waals surface area contributed by atoms with Gasteiger partial charge in [-0.3, -0.25) is 4.99 Å². The van der Waals surface area contributed by atoms with Crippen LogP contribution in [0.2, 0.25) is 5.02 Å². The molecule has 0 saturated carbocycles. The predicted octanol–water partition coefficient (Wildman–Crippen LogP) is 2.95. The van der Waals surface area contributed by atoms with Crippen LogP contribution in [0, 0.1) is 5.82 Å². The molecule has 0 radical (unpaired) electrons. The lowest BCUT2D eigenvalue weighted by Gasteiger charge is -2.32. The van der Waals surface area contributed by atoms with E-state index in [0.717, 1.165) is 6.42 Å². The minimum atomic E-state index is -0.300. The molecule has 1 aromatic rings. The van der Waals surface area contributed by atoms with E-state index < -0.39 is 0 Å². The maximum atomic E-state index is 14.0. The van der Waals surface area contributed by atoms with Crippen molar-refractivity contribution in [3.63, 3.8) is 0 Å². The Labute approximate surface area is 111 Å². The van der Waals surface area contributed by atoms with E-state index in [-0.39, 0.29) is 17.9 Å². The number of aliphatic imine (C=N–C) groups is 1. The summed E-state index contributed by atoms with van der Waals surface area (Å²) < 4.78 is 14.0. The molecule has 2 atom stereocenters. The van der Waals surface area contributed by atoms with Crippen molar-refractivity contribution in [1.29, 1.82) is 0 Å². The first-order valence-electron chi connectivity index (χ1n) is 6.07. The third kappa shape index (κ3) is 2.29. The summed E-state index contributed by atoms with van der Waals surface area (Å²) in [5.41, 5.74) is 6.49. The van der Waals surface area contributed by atoms with E-state index in [9.17, 15) is 4.39 Å². The van der Waals surface area contributed by atoms with Gasteiger partial charge in [-0.1, -0.05) is 24.6 Å². The van der Waals surface area contributed by atoms with Gasteiger partial charge in [0.05, 0.1) is 12.6 Å². The van der Waals surface area contributed by atoms with Gasteiger partial charge in [0.1, 0.15) is 5.82 Å². The lowest BCUT2D eigenvalue weighted by atomic mass is 10.0. The van der Waals surface area contributed by atoms with Crippen LogP contribution >= 0.6 is 11.6 Å². The molecular weight excluding hydrogens is 253 g/mol. The molecule has 98 valence electrons. The van der Waals surface area contributed by atoms with Gasteiger partial charge in [-0.25, -0.2) is 4.39 Å². The fourth-order valence-electron chi connectivity index (χ4n) is 2.26. The number of nitrogens with zero attached hydrogens (tertiary/aromatic N) is 2. The van der Waals surface area contributed by atoms with Gasteiger partial charge < -0.3 is 10.6 Å². The van der Waals surface area contributed by atoms with Crippen LogP contribution in [0.3, 0.4) is 0 Å². The van der Waals surface area contributed by atoms with E-state index in [1.807, 2.05) is 4.90 Å². The second-order valence-electron chi connectivity index (χ2n) is 4.55. The molecule has 2 rings (SSSR count). The first-order valence-corrected chi connectivity index (χ1v) is 6.45. The molecule has 5 heteroatoms. The number of nitrogens with two attached hydrogens (primary N) is 1. The third-order valence-electron chi connectivity index (χ3n) is 3.41. The number of rotatable bonds is 3. The Morgan fingerprint density at radius 1 is 1.61 bits per heavy atom. The molecule has 2 N–H and O–H groups in total. The summed E-state index contributed by atoms with van der Waals surface area (Å²) >= 11 is 5.77. The molecule has 0 aliphatic carbocycles. The van der Waals surface area contributed by atoms with Crippen molar-refractivity contribution in [3.8, 4) is 0 Å². The Hall–Kier alpha value is -1.29. The van der Waals surface area contributed by atoms with Crippen LogP contribution in [0.5, 0.6) is 0 Å². The molecule has 1 aromatic carbocycles. The van der Waals surface area contributed by atoms with Crippen molar-refractivity contribution < 1.29 is 4.39 Å². The maximum Gasteiger partial charge on any atom is 0.192 e. The molecule has 0 aromatic heterocycles. The highest BCUT2D eigenvalue weighted by Gasteiger charge is 2.32. The zero-order valence-corrected chi connectivity index (χ0v) is 11.3. The van der Waals surface area contributed by atoms with Gasteiger partial charge in [0, 0.05) is 16.6 Å². The largest absolute Gasteiger partial charge is 0.370 e. The van der Waals surface area contributed by atoms with Gasteiger partial charge in [-0.2, -0.15) is 0 Å². The molecule has 0 spiro atoms. The monoisotopic (exact) mass is 269 g/mol. The van der Waals surface area contributed by atoms with Gasteiger partial charge in [-0.05, 0) is 25.5 Å². The molecule has 0 fully saturated rings. The fourth-order valence-corrected chi connectivity index (χ4v) is 2.42. The SMILES string of the molecule is CCC(C)N1C(N)=NCC1c1ccc(Cl)cc1F. The van der Waals surface area contributed by atoms with Gasteiger partial charge in [0.2, 0.25) is 0 Å². The second kappa shape index (κ2) is 5.14. The molecule has 1 aliphatic rings. The van der Waals surface area contributed by atoms with Crippen molar-refractivity contribution in [1.82, 2.24) is 4.90 Å². The summed E-state index contributed by atoms with van der Waals surface area (Å²) in [7, 11) is 0. The van der Waals surface area contributed by atoms with Crippen LogP contribution in [0.25, 0.3) is 0 Å². The lowest BCUT2D eigenvalue weighted by molar-refractivity contribution is 0.263. The summed E-state index contributed by atoms with van der Waals surface area (Å²) in [6, 6.07) is 4.85. The molecule has 2 unspecified atom stereocenters. The quantitative estimate of drug-likeness (QED) is 0.917. The summed E-state index contributed by atoms with van der Waals surface area (Å²) in [6.45, 7) is 4.63. The van der Waals surface area contributed by atoms with Crippen LogP contribution in [-0.4, -0.2) is 23.4 Å².